The molecule has 0 radical (unpaired) electrons. The van der Waals surface area contributed by atoms with Crippen LogP contribution < -0.4 is 0 Å². The summed E-state index contributed by atoms with van der Waals surface area (Å²) in [4.78, 5) is 23.8. The fraction of sp³-hybridized carbons (Fsp3) is 0.833. The number of aliphatic carboxylic acids is 1. The largest absolute Gasteiger partial charge is 0.481 e. The molecule has 1 aliphatic heterocycles. The summed E-state index contributed by atoms with van der Waals surface area (Å²) in [5.41, 5.74) is 0. The van der Waals surface area contributed by atoms with E-state index in [1.165, 1.54) is 0 Å². The van der Waals surface area contributed by atoms with E-state index in [4.69, 9.17) is 5.11 Å². The van der Waals surface area contributed by atoms with Crippen molar-refractivity contribution in [2.24, 2.45) is 5.92 Å². The van der Waals surface area contributed by atoms with Crippen LogP contribution >= 0.6 is 0 Å². The molecule has 4 heteroatoms. The second kappa shape index (κ2) is 6.51. The van der Waals surface area contributed by atoms with Crippen LogP contribution in [-0.4, -0.2) is 35.0 Å². The highest BCUT2D eigenvalue weighted by Crippen LogP contribution is 2.15. The number of piperidine rings is 1. The fourth-order valence-corrected chi connectivity index (χ4v) is 1.99. The van der Waals surface area contributed by atoms with Crippen molar-refractivity contribution in [3.05, 3.63) is 0 Å². The van der Waals surface area contributed by atoms with Gasteiger partial charge in [-0.15, -0.1) is 0 Å². The maximum atomic E-state index is 11.5. The first kappa shape index (κ1) is 13.0. The summed E-state index contributed by atoms with van der Waals surface area (Å²) in [6, 6.07) is 0. The van der Waals surface area contributed by atoms with Gasteiger partial charge in [0.05, 0.1) is 0 Å². The lowest BCUT2D eigenvalue weighted by Gasteiger charge is -2.27. The number of hydrogen-bond donors (Lipinski definition) is 1. The van der Waals surface area contributed by atoms with Crippen molar-refractivity contribution in [3.63, 3.8) is 0 Å². The highest BCUT2D eigenvalue weighted by molar-refractivity contribution is 5.76. The van der Waals surface area contributed by atoms with E-state index in [2.05, 4.69) is 6.92 Å². The van der Waals surface area contributed by atoms with E-state index in [1.54, 1.807) is 0 Å². The van der Waals surface area contributed by atoms with E-state index in [-0.39, 0.29) is 12.3 Å². The molecule has 1 atom stereocenters. The quantitative estimate of drug-likeness (QED) is 0.753. The van der Waals surface area contributed by atoms with Crippen molar-refractivity contribution < 1.29 is 14.7 Å². The molecule has 0 spiro atoms. The predicted octanol–water partition coefficient (Wildman–Crippen LogP) is 1.89. The molecule has 16 heavy (non-hydrogen) atoms. The molecule has 0 saturated carbocycles. The summed E-state index contributed by atoms with van der Waals surface area (Å²) in [6.07, 6.45) is 4.66. The lowest BCUT2D eigenvalue weighted by atomic mass is 10.0. The van der Waals surface area contributed by atoms with Crippen LogP contribution in [0.5, 0.6) is 0 Å². The van der Waals surface area contributed by atoms with Gasteiger partial charge in [0.25, 0.3) is 0 Å². The van der Waals surface area contributed by atoms with Gasteiger partial charge < -0.3 is 10.0 Å². The summed E-state index contributed by atoms with van der Waals surface area (Å²) in [6.45, 7) is 3.72. The molecule has 0 aliphatic carbocycles. The van der Waals surface area contributed by atoms with Crippen LogP contribution in [0.3, 0.4) is 0 Å². The van der Waals surface area contributed by atoms with E-state index >= 15 is 0 Å². The first-order valence-electron chi connectivity index (χ1n) is 6.09. The Labute approximate surface area is 96.6 Å². The number of hydrogen-bond acceptors (Lipinski definition) is 2. The minimum atomic E-state index is -0.735. The highest BCUT2D eigenvalue weighted by atomic mass is 16.4. The molecule has 1 unspecified atom stereocenters. The Balaban J connectivity index is 2.17. The Hall–Kier alpha value is -1.06. The molecule has 1 amide bonds. The second-order valence-corrected chi connectivity index (χ2v) is 4.66. The molecule has 1 rings (SSSR count). The summed E-state index contributed by atoms with van der Waals surface area (Å²) in [7, 11) is 0. The average molecular weight is 227 g/mol. The van der Waals surface area contributed by atoms with Crippen LogP contribution in [0.15, 0.2) is 0 Å². The molecule has 1 aliphatic rings. The van der Waals surface area contributed by atoms with Crippen LogP contribution in [0.1, 0.15) is 45.4 Å². The Morgan fingerprint density at radius 1 is 1.44 bits per heavy atom. The number of likely N-dealkylation sites (tertiary alicyclic amines) is 1. The molecule has 1 heterocycles. The van der Waals surface area contributed by atoms with Crippen LogP contribution in [-0.2, 0) is 9.59 Å². The third kappa shape index (κ3) is 4.64. The van der Waals surface area contributed by atoms with Crippen molar-refractivity contribution in [3.8, 4) is 0 Å². The topological polar surface area (TPSA) is 57.6 Å². The second-order valence-electron chi connectivity index (χ2n) is 4.66. The Morgan fingerprint density at radius 3 is 2.81 bits per heavy atom. The van der Waals surface area contributed by atoms with Crippen LogP contribution in [0.25, 0.3) is 0 Å². The Kier molecular flexibility index (Phi) is 5.29. The van der Waals surface area contributed by atoms with Gasteiger partial charge in [-0.3, -0.25) is 9.59 Å². The van der Waals surface area contributed by atoms with Gasteiger partial charge in [0, 0.05) is 25.9 Å². The maximum Gasteiger partial charge on any atom is 0.303 e. The smallest absolute Gasteiger partial charge is 0.303 e. The summed E-state index contributed by atoms with van der Waals surface area (Å²) >= 11 is 0. The van der Waals surface area contributed by atoms with E-state index in [0.29, 0.717) is 18.8 Å². The van der Waals surface area contributed by atoms with Crippen molar-refractivity contribution in [2.45, 2.75) is 45.4 Å². The molecule has 1 fully saturated rings. The van der Waals surface area contributed by atoms with Crippen molar-refractivity contribution >= 4 is 11.9 Å². The lowest BCUT2D eigenvalue weighted by molar-refractivity contribution is -0.137. The number of rotatable bonds is 6. The molecule has 0 aromatic heterocycles. The molecular weight excluding hydrogens is 206 g/mol. The van der Waals surface area contributed by atoms with E-state index in [1.807, 2.05) is 4.90 Å². The van der Waals surface area contributed by atoms with Gasteiger partial charge in [0.15, 0.2) is 0 Å². The predicted molar refractivity (Wildman–Crippen MR) is 61.1 cm³/mol. The number of carboxylic acids is 1. The van der Waals surface area contributed by atoms with Crippen molar-refractivity contribution in [1.82, 2.24) is 4.90 Å². The van der Waals surface area contributed by atoms with Gasteiger partial charge in [-0.2, -0.15) is 0 Å². The normalized spacial score (nSPS) is 18.6. The summed E-state index contributed by atoms with van der Waals surface area (Å²) in [5, 5.41) is 8.56. The van der Waals surface area contributed by atoms with Crippen LogP contribution in [0.4, 0.5) is 0 Å². The minimum Gasteiger partial charge on any atom is -0.481 e. The zero-order valence-electron chi connectivity index (χ0n) is 9.95. The zero-order chi connectivity index (χ0) is 12.0. The number of carbonyl (C=O) groups is 2. The number of carbonyl (C=O) groups excluding carboxylic acids is 1. The monoisotopic (exact) mass is 227 g/mol. The first-order chi connectivity index (χ1) is 7.59. The molecule has 92 valence electrons. The first-order valence-corrected chi connectivity index (χ1v) is 6.09. The van der Waals surface area contributed by atoms with E-state index < -0.39 is 5.97 Å². The number of nitrogens with zero attached hydrogens (tertiary/aromatic N) is 1. The molecule has 0 aromatic rings. The highest BCUT2D eigenvalue weighted by Gasteiger charge is 2.18. The SMILES string of the molecule is CC(CCC(=O)O)CCN1CCCCC1=O. The standard InChI is InChI=1S/C12H21NO3/c1-10(5-6-12(15)16)7-9-13-8-3-2-4-11(13)14/h10H,2-9H2,1H3,(H,15,16). The van der Waals surface area contributed by atoms with Gasteiger partial charge in [-0.25, -0.2) is 0 Å². The third-order valence-corrected chi connectivity index (χ3v) is 3.16. The maximum absolute atomic E-state index is 11.5. The van der Waals surface area contributed by atoms with Gasteiger partial charge in [0.1, 0.15) is 0 Å². The number of amides is 1. The molecule has 0 bridgehead atoms. The third-order valence-electron chi connectivity index (χ3n) is 3.16. The van der Waals surface area contributed by atoms with Gasteiger partial charge >= 0.3 is 5.97 Å². The molecular formula is C12H21NO3. The van der Waals surface area contributed by atoms with E-state index in [0.717, 1.165) is 32.4 Å². The van der Waals surface area contributed by atoms with E-state index in [9.17, 15) is 9.59 Å². The molecule has 1 saturated heterocycles. The fourth-order valence-electron chi connectivity index (χ4n) is 1.99. The minimum absolute atomic E-state index is 0.231. The van der Waals surface area contributed by atoms with Gasteiger partial charge in [-0.05, 0) is 31.6 Å². The molecule has 4 nitrogen and oxygen atoms in total. The Morgan fingerprint density at radius 2 is 2.19 bits per heavy atom. The van der Waals surface area contributed by atoms with Crippen molar-refractivity contribution in [2.75, 3.05) is 13.1 Å². The average Bonchev–Trinajstić information content (AvgIpc) is 2.25. The Bertz CT molecular complexity index is 253. The number of carboxylic acid groups (broad SMARTS) is 1. The zero-order valence-corrected chi connectivity index (χ0v) is 9.95. The van der Waals surface area contributed by atoms with Gasteiger partial charge in [-0.1, -0.05) is 6.92 Å². The molecule has 0 aromatic carbocycles. The summed E-state index contributed by atoms with van der Waals surface area (Å²) < 4.78 is 0. The molecule has 1 N–H and O–H groups in total. The lowest BCUT2D eigenvalue weighted by Crippen LogP contribution is -2.36. The summed E-state index contributed by atoms with van der Waals surface area (Å²) in [5.74, 6) is -0.0941. The van der Waals surface area contributed by atoms with Crippen molar-refractivity contribution in [1.29, 1.82) is 0 Å². The van der Waals surface area contributed by atoms with Gasteiger partial charge in [0.2, 0.25) is 5.91 Å². The van der Waals surface area contributed by atoms with Crippen LogP contribution in [0.2, 0.25) is 0 Å². The van der Waals surface area contributed by atoms with Crippen LogP contribution in [0, 0.1) is 5.92 Å².